The average Bonchev–Trinajstić information content (AvgIpc) is 2.81. The van der Waals surface area contributed by atoms with E-state index in [4.69, 9.17) is 19.4 Å². The first-order valence-corrected chi connectivity index (χ1v) is 12.6. The number of hydrogen-bond donors (Lipinski definition) is 7. The number of phosphoric ester groups is 1. The first-order valence-electron chi connectivity index (χ1n) is 7.32. The molecule has 1 fully saturated rings. The molecule has 25 heteroatoms. The van der Waals surface area contributed by atoms with E-state index in [-0.39, 0.29) is 79.9 Å². The minimum atomic E-state index is -5.74. The molecule has 1 aliphatic heterocycles. The number of nitrogens with one attached hydrogen (secondary N) is 1. The standard InChI is InChI=1S/C9H14BrN2O15P3.4Li/c10-3-1-12(9(16)11-7(3)15)8-6(14)5(13)4(25-8)2-24-29(20,21)27-30(22,23)26-28(17,18)19;;;;/h1,4-6,8,13-14H,2H2,(H,20,21)(H,22,23)(H,11,15,16)(H2,17,18,19);;;;/q;4*+1/t4-,5-,6-,8-;;;;/m1..../s1. The summed E-state index contributed by atoms with van der Waals surface area (Å²) in [6.07, 6.45) is -5.80. The zero-order valence-corrected chi connectivity index (χ0v) is 22.4. The second-order valence-corrected chi connectivity index (χ2v) is 10.9. The second-order valence-electron chi connectivity index (χ2n) is 5.58. The fourth-order valence-electron chi connectivity index (χ4n) is 2.22. The van der Waals surface area contributed by atoms with Crippen LogP contribution in [0.25, 0.3) is 0 Å². The summed E-state index contributed by atoms with van der Waals surface area (Å²) >= 11 is 2.85. The van der Waals surface area contributed by atoms with Gasteiger partial charge in [0.05, 0.1) is 11.1 Å². The normalized spacial score (nSPS) is 25.4. The van der Waals surface area contributed by atoms with Gasteiger partial charge in [0.15, 0.2) is 6.23 Å². The number of aliphatic hydroxyl groups is 2. The Balaban J connectivity index is -0.00000240. The minimum Gasteiger partial charge on any atom is -0.387 e. The van der Waals surface area contributed by atoms with Crippen molar-refractivity contribution >= 4 is 39.4 Å². The Labute approximate surface area is 246 Å². The molecule has 0 spiro atoms. The third-order valence-electron chi connectivity index (χ3n) is 3.35. The summed E-state index contributed by atoms with van der Waals surface area (Å²) in [5, 5.41) is 20.0. The first kappa shape index (κ1) is 40.3. The number of aromatic nitrogens is 2. The number of aromatic amines is 1. The van der Waals surface area contributed by atoms with Gasteiger partial charge in [-0.1, -0.05) is 0 Å². The largest absolute Gasteiger partial charge is 1.00 e. The van der Waals surface area contributed by atoms with E-state index in [1.54, 1.807) is 0 Å². The van der Waals surface area contributed by atoms with Crippen molar-refractivity contribution in [2.24, 2.45) is 0 Å². The predicted molar refractivity (Wildman–Crippen MR) is 94.8 cm³/mol. The number of nitrogens with zero attached hydrogens (tertiary/aromatic N) is 1. The monoisotopic (exact) mass is 590 g/mol. The molecule has 17 nitrogen and oxygen atoms in total. The Bertz CT molecular complexity index is 1070. The molecular weight excluding hydrogens is 577 g/mol. The maximum Gasteiger partial charge on any atom is 1.00 e. The Morgan fingerprint density at radius 3 is 2.00 bits per heavy atom. The maximum absolute atomic E-state index is 11.9. The Hall–Kier alpha value is 1.84. The Morgan fingerprint density at radius 2 is 1.50 bits per heavy atom. The molecule has 1 aliphatic rings. The van der Waals surface area contributed by atoms with Crippen LogP contribution in [0.15, 0.2) is 20.3 Å². The van der Waals surface area contributed by atoms with Crippen LogP contribution in [-0.2, 0) is 31.6 Å². The van der Waals surface area contributed by atoms with Crippen LogP contribution in [0.2, 0.25) is 0 Å². The van der Waals surface area contributed by atoms with E-state index in [0.717, 1.165) is 6.20 Å². The van der Waals surface area contributed by atoms with Crippen molar-refractivity contribution in [1.29, 1.82) is 0 Å². The van der Waals surface area contributed by atoms with Gasteiger partial charge in [0, 0.05) is 6.20 Å². The fraction of sp³-hybridized carbons (Fsp3) is 0.556. The van der Waals surface area contributed by atoms with Gasteiger partial charge >= 0.3 is 105 Å². The molecule has 1 aromatic rings. The van der Waals surface area contributed by atoms with E-state index in [0.29, 0.717) is 4.57 Å². The van der Waals surface area contributed by atoms with Crippen LogP contribution in [0, 0.1) is 0 Å². The average molecular weight is 591 g/mol. The topological polar surface area (TPSA) is 264 Å². The summed E-state index contributed by atoms with van der Waals surface area (Å²) in [5.74, 6) is 0. The Kier molecular flexibility index (Phi) is 18.3. The number of halogens is 1. The van der Waals surface area contributed by atoms with E-state index in [2.05, 4.69) is 29.1 Å². The van der Waals surface area contributed by atoms with E-state index in [9.17, 15) is 38.4 Å². The van der Waals surface area contributed by atoms with Crippen LogP contribution in [-0.4, -0.2) is 64.3 Å². The van der Waals surface area contributed by atoms with Crippen LogP contribution in [0.5, 0.6) is 0 Å². The van der Waals surface area contributed by atoms with Gasteiger partial charge in [0.25, 0.3) is 5.56 Å². The van der Waals surface area contributed by atoms with E-state index in [1.807, 2.05) is 4.98 Å². The van der Waals surface area contributed by atoms with Crippen molar-refractivity contribution in [1.82, 2.24) is 9.55 Å². The number of ether oxygens (including phenoxy) is 1. The number of hydrogen-bond acceptors (Lipinski definition) is 11. The van der Waals surface area contributed by atoms with Crippen molar-refractivity contribution in [3.05, 3.63) is 31.5 Å². The number of rotatable bonds is 8. The van der Waals surface area contributed by atoms with Crippen molar-refractivity contribution < 1.29 is 137 Å². The molecule has 2 heterocycles. The molecule has 0 aliphatic carbocycles. The van der Waals surface area contributed by atoms with Crippen molar-refractivity contribution in [2.75, 3.05) is 6.61 Å². The smallest absolute Gasteiger partial charge is 0.387 e. The molecule has 1 aromatic heterocycles. The van der Waals surface area contributed by atoms with E-state index in [1.165, 1.54) is 0 Å². The number of H-pyrrole nitrogens is 1. The molecule has 6 atom stereocenters. The zero-order chi connectivity index (χ0) is 23.1. The quantitative estimate of drug-likeness (QED) is 0.109. The van der Waals surface area contributed by atoms with Gasteiger partial charge in [-0.3, -0.25) is 18.9 Å². The van der Waals surface area contributed by atoms with Gasteiger partial charge in [0.2, 0.25) is 0 Å². The molecule has 7 N–H and O–H groups in total. The molecule has 0 bridgehead atoms. The van der Waals surface area contributed by atoms with E-state index >= 15 is 0 Å². The van der Waals surface area contributed by atoms with Crippen LogP contribution in [0.4, 0.5) is 0 Å². The fourth-order valence-corrected chi connectivity index (χ4v) is 5.57. The molecule has 172 valence electrons. The van der Waals surface area contributed by atoms with Crippen LogP contribution < -0.4 is 86.7 Å². The third-order valence-corrected chi connectivity index (χ3v) is 7.72. The molecule has 0 aromatic carbocycles. The molecule has 34 heavy (non-hydrogen) atoms. The van der Waals surface area contributed by atoms with Crippen molar-refractivity contribution in [3.63, 3.8) is 0 Å². The molecular formula is C9H14BrLi4N2O15P3+4. The molecule has 0 amide bonds. The van der Waals surface area contributed by atoms with Gasteiger partial charge in [-0.15, -0.1) is 0 Å². The summed E-state index contributed by atoms with van der Waals surface area (Å²) in [6.45, 7) is -1.06. The van der Waals surface area contributed by atoms with Crippen LogP contribution in [0.1, 0.15) is 6.23 Å². The minimum absolute atomic E-state index is 0. The van der Waals surface area contributed by atoms with Gasteiger partial charge in [-0.05, 0) is 15.9 Å². The van der Waals surface area contributed by atoms with Crippen molar-refractivity contribution in [2.45, 2.75) is 24.5 Å². The number of phosphoric acid groups is 3. The van der Waals surface area contributed by atoms with Gasteiger partial charge in [-0.2, -0.15) is 8.62 Å². The summed E-state index contributed by atoms with van der Waals surface area (Å²) in [7, 11) is -16.8. The summed E-state index contributed by atoms with van der Waals surface area (Å²) < 4.78 is 50.6. The molecule has 2 unspecified atom stereocenters. The summed E-state index contributed by atoms with van der Waals surface area (Å²) in [4.78, 5) is 60.5. The molecule has 1 saturated heterocycles. The van der Waals surface area contributed by atoms with Gasteiger partial charge < -0.3 is 34.5 Å². The van der Waals surface area contributed by atoms with Crippen LogP contribution in [0.3, 0.4) is 0 Å². The third kappa shape index (κ3) is 11.7. The maximum atomic E-state index is 11.9. The second kappa shape index (κ2) is 15.4. The van der Waals surface area contributed by atoms with Crippen molar-refractivity contribution in [3.8, 4) is 0 Å². The predicted octanol–water partition coefficient (Wildman–Crippen LogP) is -13.7. The summed E-state index contributed by atoms with van der Waals surface area (Å²) in [5.41, 5.74) is -1.80. The van der Waals surface area contributed by atoms with Crippen LogP contribution >= 0.6 is 39.4 Å². The van der Waals surface area contributed by atoms with Gasteiger partial charge in [-0.25, -0.2) is 18.5 Å². The first-order chi connectivity index (χ1) is 13.5. The van der Waals surface area contributed by atoms with E-state index < -0.39 is 65.9 Å². The number of aliphatic hydroxyl groups excluding tert-OH is 2. The summed E-state index contributed by atoms with van der Waals surface area (Å²) in [6, 6.07) is 0. The zero-order valence-electron chi connectivity index (χ0n) is 18.1. The van der Waals surface area contributed by atoms with Gasteiger partial charge in [0.1, 0.15) is 18.3 Å². The molecule has 0 radical (unpaired) electrons. The SMILES string of the molecule is O=c1[nH]c(=O)n([C@@H]2O[C@H](COP(=O)(O)OP(=O)(O)OP(=O)(O)O)[C@@H](O)[C@H]2O)cc1Br.[Li+].[Li+].[Li+].[Li+]. The molecule has 0 saturated carbocycles. The Morgan fingerprint density at radius 1 is 0.971 bits per heavy atom. The molecule has 2 rings (SSSR count).